The fraction of sp³-hybridized carbons (Fsp3) is 0.647. The van der Waals surface area contributed by atoms with Crippen LogP contribution in [0.15, 0.2) is 24.4 Å². The molecule has 0 aliphatic carbocycles. The zero-order chi connectivity index (χ0) is 17.9. The normalized spacial score (nSPS) is 23.6. The number of hydrogen-bond donors (Lipinski definition) is 0. The molecule has 1 atom stereocenters. The molecule has 0 spiro atoms. The maximum Gasteiger partial charge on any atom is 0.237 e. The summed E-state index contributed by atoms with van der Waals surface area (Å²) in [6.07, 6.45) is 2.36. The number of pyridine rings is 1. The molecule has 0 aromatic carbocycles. The second-order valence-electron chi connectivity index (χ2n) is 6.69. The maximum absolute atomic E-state index is 12.7. The zero-order valence-corrected chi connectivity index (χ0v) is 15.5. The van der Waals surface area contributed by atoms with Gasteiger partial charge in [-0.05, 0) is 25.5 Å². The zero-order valence-electron chi connectivity index (χ0n) is 14.7. The molecular formula is C17H26N4O3S. The molecule has 1 amide bonds. The number of aromatic nitrogens is 1. The average Bonchev–Trinajstić information content (AvgIpc) is 2.96. The third-order valence-electron chi connectivity index (χ3n) is 5.01. The van der Waals surface area contributed by atoms with Gasteiger partial charge in [0.1, 0.15) is 5.82 Å². The second kappa shape index (κ2) is 7.70. The van der Waals surface area contributed by atoms with Crippen molar-refractivity contribution in [2.24, 2.45) is 0 Å². The van der Waals surface area contributed by atoms with E-state index in [9.17, 15) is 13.2 Å². The highest BCUT2D eigenvalue weighted by atomic mass is 32.2. The van der Waals surface area contributed by atoms with Crippen LogP contribution >= 0.6 is 0 Å². The van der Waals surface area contributed by atoms with E-state index in [1.54, 1.807) is 11.1 Å². The van der Waals surface area contributed by atoms with Gasteiger partial charge in [0, 0.05) is 45.0 Å². The van der Waals surface area contributed by atoms with Crippen molar-refractivity contribution in [1.29, 1.82) is 0 Å². The molecule has 1 aromatic heterocycles. The van der Waals surface area contributed by atoms with Crippen molar-refractivity contribution < 1.29 is 13.2 Å². The van der Waals surface area contributed by atoms with E-state index in [0.717, 1.165) is 32.0 Å². The lowest BCUT2D eigenvalue weighted by atomic mass is 10.2. The Kier molecular flexibility index (Phi) is 5.58. The minimum absolute atomic E-state index is 0.0379. The van der Waals surface area contributed by atoms with Crippen molar-refractivity contribution in [3.8, 4) is 0 Å². The molecule has 2 fully saturated rings. The van der Waals surface area contributed by atoms with Crippen LogP contribution in [-0.2, 0) is 14.6 Å². The van der Waals surface area contributed by atoms with Crippen LogP contribution in [0.4, 0.5) is 5.82 Å². The van der Waals surface area contributed by atoms with Crippen molar-refractivity contribution in [3.63, 3.8) is 0 Å². The number of sulfone groups is 1. The number of anilines is 1. The average molecular weight is 366 g/mol. The van der Waals surface area contributed by atoms with E-state index in [1.165, 1.54) is 0 Å². The molecular weight excluding hydrogens is 340 g/mol. The number of rotatable bonds is 5. The Morgan fingerprint density at radius 1 is 1.28 bits per heavy atom. The van der Waals surface area contributed by atoms with Gasteiger partial charge in [-0.1, -0.05) is 6.07 Å². The van der Waals surface area contributed by atoms with Crippen LogP contribution in [0.25, 0.3) is 0 Å². The number of hydrogen-bond acceptors (Lipinski definition) is 6. The summed E-state index contributed by atoms with van der Waals surface area (Å²) in [5.41, 5.74) is 0. The van der Waals surface area contributed by atoms with Gasteiger partial charge in [-0.25, -0.2) is 13.4 Å². The topological polar surface area (TPSA) is 73.8 Å². The van der Waals surface area contributed by atoms with Crippen LogP contribution in [0, 0.1) is 0 Å². The SMILES string of the molecule is CCN(C(=O)CN1CCN(c2ccccn2)CC1)C1CCS(=O)(=O)C1. The molecule has 2 aliphatic heterocycles. The summed E-state index contributed by atoms with van der Waals surface area (Å²) in [5.74, 6) is 1.32. The predicted molar refractivity (Wildman–Crippen MR) is 97.3 cm³/mol. The number of nitrogens with zero attached hydrogens (tertiary/aromatic N) is 4. The summed E-state index contributed by atoms with van der Waals surface area (Å²) in [7, 11) is -2.98. The lowest BCUT2D eigenvalue weighted by molar-refractivity contribution is -0.134. The van der Waals surface area contributed by atoms with E-state index in [0.29, 0.717) is 19.5 Å². The molecule has 0 saturated carbocycles. The third-order valence-corrected chi connectivity index (χ3v) is 6.76. The molecule has 0 radical (unpaired) electrons. The largest absolute Gasteiger partial charge is 0.354 e. The quantitative estimate of drug-likeness (QED) is 0.743. The lowest BCUT2D eigenvalue weighted by Crippen LogP contribution is -2.52. The highest BCUT2D eigenvalue weighted by Gasteiger charge is 2.34. The summed E-state index contributed by atoms with van der Waals surface area (Å²) in [4.78, 5) is 23.1. The van der Waals surface area contributed by atoms with Crippen LogP contribution in [0.3, 0.4) is 0 Å². The Bertz CT molecular complexity index is 687. The van der Waals surface area contributed by atoms with Crippen LogP contribution in [-0.4, -0.2) is 85.9 Å². The Labute approximate surface area is 149 Å². The molecule has 3 heterocycles. The Morgan fingerprint density at radius 3 is 2.60 bits per heavy atom. The Hall–Kier alpha value is -1.67. The summed E-state index contributed by atoms with van der Waals surface area (Å²) in [5, 5.41) is 0. The number of carbonyl (C=O) groups is 1. The van der Waals surface area contributed by atoms with Crippen LogP contribution in [0.5, 0.6) is 0 Å². The second-order valence-corrected chi connectivity index (χ2v) is 8.92. The molecule has 8 heteroatoms. The first-order valence-electron chi connectivity index (χ1n) is 8.87. The molecule has 25 heavy (non-hydrogen) atoms. The molecule has 2 aliphatic rings. The first-order chi connectivity index (χ1) is 12.0. The highest BCUT2D eigenvalue weighted by molar-refractivity contribution is 7.91. The molecule has 138 valence electrons. The first kappa shape index (κ1) is 18.1. The van der Waals surface area contributed by atoms with Gasteiger partial charge < -0.3 is 9.80 Å². The Morgan fingerprint density at radius 2 is 2.04 bits per heavy atom. The van der Waals surface area contributed by atoms with Crippen LogP contribution in [0.1, 0.15) is 13.3 Å². The number of likely N-dealkylation sites (N-methyl/N-ethyl adjacent to an activating group) is 1. The highest BCUT2D eigenvalue weighted by Crippen LogP contribution is 2.18. The van der Waals surface area contributed by atoms with Crippen LogP contribution < -0.4 is 4.90 Å². The van der Waals surface area contributed by atoms with Gasteiger partial charge in [-0.15, -0.1) is 0 Å². The van der Waals surface area contributed by atoms with Crippen LogP contribution in [0.2, 0.25) is 0 Å². The lowest BCUT2D eigenvalue weighted by Gasteiger charge is -2.36. The summed E-state index contributed by atoms with van der Waals surface area (Å²) < 4.78 is 23.4. The van der Waals surface area contributed by atoms with Crippen molar-refractivity contribution in [1.82, 2.24) is 14.8 Å². The molecule has 2 saturated heterocycles. The van der Waals surface area contributed by atoms with Gasteiger partial charge in [0.2, 0.25) is 5.91 Å². The fourth-order valence-corrected chi connectivity index (χ4v) is 5.35. The number of carbonyl (C=O) groups excluding carboxylic acids is 1. The van der Waals surface area contributed by atoms with E-state index in [-0.39, 0.29) is 23.5 Å². The van der Waals surface area contributed by atoms with Crippen molar-refractivity contribution in [3.05, 3.63) is 24.4 Å². The summed E-state index contributed by atoms with van der Waals surface area (Å²) in [6.45, 7) is 6.14. The van der Waals surface area contributed by atoms with E-state index >= 15 is 0 Å². The van der Waals surface area contributed by atoms with Gasteiger partial charge in [-0.2, -0.15) is 0 Å². The molecule has 7 nitrogen and oxygen atoms in total. The fourth-order valence-electron chi connectivity index (χ4n) is 3.62. The summed E-state index contributed by atoms with van der Waals surface area (Å²) in [6, 6.07) is 5.73. The predicted octanol–water partition coefficient (Wildman–Crippen LogP) is 0.239. The molecule has 0 bridgehead atoms. The van der Waals surface area contributed by atoms with Gasteiger partial charge >= 0.3 is 0 Å². The van der Waals surface area contributed by atoms with E-state index in [4.69, 9.17) is 0 Å². The summed E-state index contributed by atoms with van der Waals surface area (Å²) >= 11 is 0. The maximum atomic E-state index is 12.7. The minimum Gasteiger partial charge on any atom is -0.354 e. The van der Waals surface area contributed by atoms with Gasteiger partial charge in [0.15, 0.2) is 9.84 Å². The molecule has 1 unspecified atom stereocenters. The van der Waals surface area contributed by atoms with E-state index < -0.39 is 9.84 Å². The van der Waals surface area contributed by atoms with E-state index in [1.807, 2.05) is 25.1 Å². The third kappa shape index (κ3) is 4.49. The molecule has 0 N–H and O–H groups in total. The van der Waals surface area contributed by atoms with Crippen molar-refractivity contribution >= 4 is 21.6 Å². The van der Waals surface area contributed by atoms with Crippen molar-refractivity contribution in [2.75, 3.05) is 55.7 Å². The smallest absolute Gasteiger partial charge is 0.237 e. The molecule has 1 aromatic rings. The van der Waals surface area contributed by atoms with Gasteiger partial charge in [-0.3, -0.25) is 9.69 Å². The monoisotopic (exact) mass is 366 g/mol. The van der Waals surface area contributed by atoms with E-state index in [2.05, 4.69) is 14.8 Å². The van der Waals surface area contributed by atoms with Crippen molar-refractivity contribution in [2.45, 2.75) is 19.4 Å². The Balaban J connectivity index is 1.52. The minimum atomic E-state index is -2.98. The van der Waals surface area contributed by atoms with Gasteiger partial charge in [0.25, 0.3) is 0 Å². The standard InChI is InChI=1S/C17H26N4O3S/c1-2-21(15-6-12-25(23,24)14-15)17(22)13-19-8-10-20(11-9-19)16-5-3-4-7-18-16/h3-5,7,15H,2,6,8-14H2,1H3. The molecule has 3 rings (SSSR count). The number of piperazine rings is 1. The van der Waals surface area contributed by atoms with Gasteiger partial charge in [0.05, 0.1) is 18.1 Å². The first-order valence-corrected chi connectivity index (χ1v) is 10.7. The number of amides is 1.